The highest BCUT2D eigenvalue weighted by Crippen LogP contribution is 2.31. The van der Waals surface area contributed by atoms with Gasteiger partial charge in [-0.25, -0.2) is 0 Å². The topological polar surface area (TPSA) is 32.3 Å². The van der Waals surface area contributed by atoms with E-state index in [1.54, 1.807) is 0 Å². The van der Waals surface area contributed by atoms with E-state index >= 15 is 0 Å². The minimum Gasteiger partial charge on any atom is -0.351 e. The van der Waals surface area contributed by atoms with Gasteiger partial charge in [0.1, 0.15) is 0 Å². The Kier molecular flexibility index (Phi) is 5.31. The number of halogens is 1. The second-order valence-corrected chi connectivity index (χ2v) is 6.38. The number of amides is 1. The number of benzene rings is 2. The summed E-state index contributed by atoms with van der Waals surface area (Å²) in [7, 11) is 0. The van der Waals surface area contributed by atoms with Gasteiger partial charge in [-0.1, -0.05) is 54.1 Å². The van der Waals surface area contributed by atoms with E-state index < -0.39 is 0 Å². The van der Waals surface area contributed by atoms with E-state index in [9.17, 15) is 4.79 Å². The molecule has 1 N–H and O–H groups in total. The highest BCUT2D eigenvalue weighted by Gasteiger charge is 2.27. The molecule has 0 aromatic heterocycles. The van der Waals surface area contributed by atoms with Crippen LogP contribution in [0, 0.1) is 0 Å². The van der Waals surface area contributed by atoms with Crippen LogP contribution >= 0.6 is 11.6 Å². The second kappa shape index (κ2) is 7.62. The SMILES string of the molecule is O=C(CN1CCC[C@H]1c1ccccc1)NCc1ccc(Cl)cc1. The fraction of sp³-hybridized carbons (Fsp3) is 0.316. The summed E-state index contributed by atoms with van der Waals surface area (Å²) in [4.78, 5) is 14.5. The van der Waals surface area contributed by atoms with Gasteiger partial charge in [-0.3, -0.25) is 9.69 Å². The Labute approximate surface area is 142 Å². The first-order valence-electron chi connectivity index (χ1n) is 8.02. The molecule has 23 heavy (non-hydrogen) atoms. The lowest BCUT2D eigenvalue weighted by Gasteiger charge is -2.24. The van der Waals surface area contributed by atoms with E-state index in [2.05, 4.69) is 34.5 Å². The summed E-state index contributed by atoms with van der Waals surface area (Å²) in [6, 6.07) is 18.4. The Hall–Kier alpha value is -1.84. The van der Waals surface area contributed by atoms with E-state index in [0.29, 0.717) is 24.2 Å². The predicted octanol–water partition coefficient (Wildman–Crippen LogP) is 3.79. The van der Waals surface area contributed by atoms with Crippen LogP contribution in [0.5, 0.6) is 0 Å². The summed E-state index contributed by atoms with van der Waals surface area (Å²) in [6.07, 6.45) is 2.26. The quantitative estimate of drug-likeness (QED) is 0.905. The van der Waals surface area contributed by atoms with Gasteiger partial charge in [0, 0.05) is 17.6 Å². The van der Waals surface area contributed by atoms with Crippen molar-refractivity contribution in [1.29, 1.82) is 0 Å². The van der Waals surface area contributed by atoms with Crippen LogP contribution in [0.4, 0.5) is 0 Å². The van der Waals surface area contributed by atoms with Crippen molar-refractivity contribution in [3.8, 4) is 0 Å². The summed E-state index contributed by atoms with van der Waals surface area (Å²) >= 11 is 5.87. The summed E-state index contributed by atoms with van der Waals surface area (Å²) in [5.74, 6) is 0.0720. The lowest BCUT2D eigenvalue weighted by molar-refractivity contribution is -0.122. The van der Waals surface area contributed by atoms with Gasteiger partial charge < -0.3 is 5.32 Å². The molecule has 0 spiro atoms. The molecule has 2 aromatic carbocycles. The number of carbonyl (C=O) groups excluding carboxylic acids is 1. The van der Waals surface area contributed by atoms with Gasteiger partial charge >= 0.3 is 0 Å². The van der Waals surface area contributed by atoms with Gasteiger partial charge in [0.2, 0.25) is 5.91 Å². The predicted molar refractivity (Wildman–Crippen MR) is 93.3 cm³/mol. The molecular formula is C19H21ClN2O. The van der Waals surface area contributed by atoms with Crippen LogP contribution in [0.1, 0.15) is 30.0 Å². The number of hydrogen-bond acceptors (Lipinski definition) is 2. The van der Waals surface area contributed by atoms with Gasteiger partial charge in [-0.05, 0) is 42.6 Å². The van der Waals surface area contributed by atoms with E-state index in [4.69, 9.17) is 11.6 Å². The van der Waals surface area contributed by atoms with E-state index in [-0.39, 0.29) is 5.91 Å². The fourth-order valence-corrected chi connectivity index (χ4v) is 3.24. The van der Waals surface area contributed by atoms with Crippen LogP contribution in [0.2, 0.25) is 5.02 Å². The van der Waals surface area contributed by atoms with Gasteiger partial charge in [0.15, 0.2) is 0 Å². The van der Waals surface area contributed by atoms with Gasteiger partial charge in [-0.2, -0.15) is 0 Å². The molecule has 2 aromatic rings. The zero-order valence-corrected chi connectivity index (χ0v) is 13.8. The number of likely N-dealkylation sites (tertiary alicyclic amines) is 1. The number of carbonyl (C=O) groups is 1. The lowest BCUT2D eigenvalue weighted by Crippen LogP contribution is -2.36. The molecule has 0 bridgehead atoms. The largest absolute Gasteiger partial charge is 0.351 e. The summed E-state index contributed by atoms with van der Waals surface area (Å²) < 4.78 is 0. The maximum absolute atomic E-state index is 12.2. The van der Waals surface area contributed by atoms with Crippen LogP contribution in [0.25, 0.3) is 0 Å². The number of hydrogen-bond donors (Lipinski definition) is 1. The molecule has 1 aliphatic rings. The van der Waals surface area contributed by atoms with Gasteiger partial charge in [0.05, 0.1) is 6.54 Å². The van der Waals surface area contributed by atoms with Crippen molar-refractivity contribution in [1.82, 2.24) is 10.2 Å². The molecule has 120 valence electrons. The molecule has 3 rings (SSSR count). The summed E-state index contributed by atoms with van der Waals surface area (Å²) in [6.45, 7) is 1.97. The molecule has 4 heteroatoms. The minimum absolute atomic E-state index is 0.0720. The Morgan fingerprint density at radius 3 is 2.61 bits per heavy atom. The molecule has 1 saturated heterocycles. The van der Waals surface area contributed by atoms with Crippen molar-refractivity contribution in [2.75, 3.05) is 13.1 Å². The first-order valence-corrected chi connectivity index (χ1v) is 8.40. The van der Waals surface area contributed by atoms with E-state index in [1.807, 2.05) is 30.3 Å². The maximum Gasteiger partial charge on any atom is 0.234 e. The van der Waals surface area contributed by atoms with Crippen LogP contribution in [-0.4, -0.2) is 23.9 Å². The monoisotopic (exact) mass is 328 g/mol. The molecule has 0 aliphatic carbocycles. The molecule has 1 fully saturated rings. The third-order valence-corrected chi connectivity index (χ3v) is 4.55. The van der Waals surface area contributed by atoms with Gasteiger partial charge in [0.25, 0.3) is 0 Å². The Bertz CT molecular complexity index is 642. The molecule has 0 saturated carbocycles. The van der Waals surface area contributed by atoms with Crippen LogP contribution in [-0.2, 0) is 11.3 Å². The standard InChI is InChI=1S/C19H21ClN2O/c20-17-10-8-15(9-11-17)13-21-19(23)14-22-12-4-7-18(22)16-5-2-1-3-6-16/h1-3,5-6,8-11,18H,4,7,12-14H2,(H,21,23)/t18-/m0/s1. The van der Waals surface area contributed by atoms with Crippen molar-refractivity contribution in [2.24, 2.45) is 0 Å². The molecule has 1 aliphatic heterocycles. The van der Waals surface area contributed by atoms with Crippen molar-refractivity contribution in [2.45, 2.75) is 25.4 Å². The Balaban J connectivity index is 1.53. The molecule has 1 heterocycles. The minimum atomic E-state index is 0.0720. The summed E-state index contributed by atoms with van der Waals surface area (Å²) in [5.41, 5.74) is 2.36. The van der Waals surface area contributed by atoms with Crippen LogP contribution < -0.4 is 5.32 Å². The van der Waals surface area contributed by atoms with Crippen molar-refractivity contribution in [3.05, 3.63) is 70.7 Å². The Morgan fingerprint density at radius 1 is 1.13 bits per heavy atom. The molecule has 0 unspecified atom stereocenters. The first-order chi connectivity index (χ1) is 11.2. The second-order valence-electron chi connectivity index (χ2n) is 5.94. The zero-order chi connectivity index (χ0) is 16.1. The molecule has 0 radical (unpaired) electrons. The first kappa shape index (κ1) is 16.0. The van der Waals surface area contributed by atoms with Crippen molar-refractivity contribution in [3.63, 3.8) is 0 Å². The van der Waals surface area contributed by atoms with Crippen molar-refractivity contribution < 1.29 is 4.79 Å². The molecule has 1 amide bonds. The summed E-state index contributed by atoms with van der Waals surface area (Å²) in [5, 5.41) is 3.70. The number of nitrogens with zero attached hydrogens (tertiary/aromatic N) is 1. The van der Waals surface area contributed by atoms with E-state index in [0.717, 1.165) is 24.9 Å². The average Bonchev–Trinajstić information content (AvgIpc) is 3.03. The lowest BCUT2D eigenvalue weighted by atomic mass is 10.0. The average molecular weight is 329 g/mol. The van der Waals surface area contributed by atoms with Crippen LogP contribution in [0.15, 0.2) is 54.6 Å². The molecule has 1 atom stereocenters. The third-order valence-electron chi connectivity index (χ3n) is 4.30. The van der Waals surface area contributed by atoms with Crippen LogP contribution in [0.3, 0.4) is 0 Å². The number of nitrogens with one attached hydrogen (secondary N) is 1. The third kappa shape index (κ3) is 4.34. The highest BCUT2D eigenvalue weighted by molar-refractivity contribution is 6.30. The smallest absolute Gasteiger partial charge is 0.234 e. The maximum atomic E-state index is 12.2. The number of rotatable bonds is 5. The Morgan fingerprint density at radius 2 is 1.87 bits per heavy atom. The fourth-order valence-electron chi connectivity index (χ4n) is 3.11. The molecule has 3 nitrogen and oxygen atoms in total. The van der Waals surface area contributed by atoms with E-state index in [1.165, 1.54) is 5.56 Å². The van der Waals surface area contributed by atoms with Crippen molar-refractivity contribution >= 4 is 17.5 Å². The normalized spacial score (nSPS) is 18.0. The zero-order valence-electron chi connectivity index (χ0n) is 13.0. The molecular weight excluding hydrogens is 308 g/mol. The van der Waals surface area contributed by atoms with Gasteiger partial charge in [-0.15, -0.1) is 0 Å². The highest BCUT2D eigenvalue weighted by atomic mass is 35.5.